The maximum Gasteiger partial charge on any atom is 0.265 e. The van der Waals surface area contributed by atoms with Crippen LogP contribution in [-0.2, 0) is 26.5 Å². The Bertz CT molecular complexity index is 1380. The third-order valence-electron chi connectivity index (χ3n) is 9.06. The highest BCUT2D eigenvalue weighted by molar-refractivity contribution is 6.12. The summed E-state index contributed by atoms with van der Waals surface area (Å²) >= 11 is 0. The van der Waals surface area contributed by atoms with E-state index in [1.807, 2.05) is 70.2 Å². The third kappa shape index (κ3) is 4.65. The van der Waals surface area contributed by atoms with Crippen molar-refractivity contribution in [1.82, 2.24) is 4.90 Å². The molecule has 220 valence electrons. The SMILES string of the molecule is COc1cc2c3c(c1)[C@@]1(O[C@H](CC(=O)N(CCO)Cc4ccccc4)[C@@H](C(C)(C)F)[C@@H]1C)C(=O)N3C(C)(C)C=C2C. The van der Waals surface area contributed by atoms with Crippen molar-refractivity contribution < 1.29 is 28.6 Å². The van der Waals surface area contributed by atoms with E-state index in [1.54, 1.807) is 16.9 Å². The number of hydrogen-bond donors (Lipinski definition) is 1. The second-order valence-electron chi connectivity index (χ2n) is 12.7. The second kappa shape index (κ2) is 10.2. The molecule has 2 aromatic carbocycles. The maximum atomic E-state index is 16.1. The van der Waals surface area contributed by atoms with Crippen molar-refractivity contribution >= 4 is 23.1 Å². The first-order valence-corrected chi connectivity index (χ1v) is 14.3. The van der Waals surface area contributed by atoms with Gasteiger partial charge in [0.1, 0.15) is 11.4 Å². The molecule has 3 aliphatic heterocycles. The summed E-state index contributed by atoms with van der Waals surface area (Å²) in [4.78, 5) is 31.7. The van der Waals surface area contributed by atoms with E-state index in [-0.39, 0.29) is 31.4 Å². The van der Waals surface area contributed by atoms with Gasteiger partial charge in [0.2, 0.25) is 5.91 Å². The summed E-state index contributed by atoms with van der Waals surface area (Å²) < 4.78 is 28.5. The Labute approximate surface area is 241 Å². The fourth-order valence-electron chi connectivity index (χ4n) is 7.43. The maximum absolute atomic E-state index is 16.1. The summed E-state index contributed by atoms with van der Waals surface area (Å²) in [6.45, 7) is 11.1. The van der Waals surface area contributed by atoms with Gasteiger partial charge in [-0.05, 0) is 57.9 Å². The van der Waals surface area contributed by atoms with Crippen molar-refractivity contribution in [1.29, 1.82) is 0 Å². The molecule has 7 nitrogen and oxygen atoms in total. The van der Waals surface area contributed by atoms with Crippen molar-refractivity contribution in [2.45, 2.75) is 77.4 Å². The molecule has 2 aromatic rings. The van der Waals surface area contributed by atoms with Gasteiger partial charge in [0.05, 0.1) is 37.5 Å². The van der Waals surface area contributed by atoms with Crippen LogP contribution in [0.5, 0.6) is 5.75 Å². The topological polar surface area (TPSA) is 79.3 Å². The molecular weight excluding hydrogens is 523 g/mol. The first kappa shape index (κ1) is 29.3. The highest BCUT2D eigenvalue weighted by Gasteiger charge is 2.68. The van der Waals surface area contributed by atoms with Gasteiger partial charge in [-0.2, -0.15) is 0 Å². The van der Waals surface area contributed by atoms with E-state index in [4.69, 9.17) is 9.47 Å². The van der Waals surface area contributed by atoms with Crippen molar-refractivity contribution in [3.8, 4) is 5.75 Å². The van der Waals surface area contributed by atoms with E-state index >= 15 is 4.39 Å². The zero-order chi connectivity index (χ0) is 29.9. The Morgan fingerprint density at radius 3 is 2.51 bits per heavy atom. The standard InChI is InChI=1S/C33H41FN2O5/c1-20-18-31(3,4)36-29-24(20)15-23(40-7)16-25(29)33(30(36)39)21(2)28(32(5,6)34)26(41-33)17-27(38)35(13-14-37)19-22-11-9-8-10-12-22/h8-12,15-16,18,21,26,28,37H,13-14,17,19H2,1-7H3/t21-,26+,28-,33+/m0/s1. The number of anilines is 1. The first-order chi connectivity index (χ1) is 19.3. The molecule has 1 saturated heterocycles. The number of methoxy groups -OCH3 is 1. The number of rotatable bonds is 8. The van der Waals surface area contributed by atoms with Crippen LogP contribution in [-0.4, -0.2) is 59.4 Å². The number of nitrogens with zero attached hydrogens (tertiary/aromatic N) is 2. The smallest absolute Gasteiger partial charge is 0.265 e. The predicted molar refractivity (Wildman–Crippen MR) is 156 cm³/mol. The number of carbonyl (C=O) groups excluding carboxylic acids is 2. The number of hydrogen-bond acceptors (Lipinski definition) is 5. The summed E-state index contributed by atoms with van der Waals surface area (Å²) in [5.74, 6) is -1.25. The molecule has 2 amide bonds. The zero-order valence-corrected chi connectivity index (χ0v) is 25.0. The average Bonchev–Trinajstić information content (AvgIpc) is 3.34. The number of alkyl halides is 1. The number of halogens is 1. The van der Waals surface area contributed by atoms with Crippen LogP contribution >= 0.6 is 0 Å². The normalized spacial score (nSPS) is 26.3. The number of ether oxygens (including phenoxy) is 2. The molecule has 0 bridgehead atoms. The fraction of sp³-hybridized carbons (Fsp3) is 0.515. The van der Waals surface area contributed by atoms with Crippen LogP contribution in [0, 0.1) is 11.8 Å². The molecule has 0 unspecified atom stereocenters. The Kier molecular flexibility index (Phi) is 7.31. The lowest BCUT2D eigenvalue weighted by molar-refractivity contribution is -0.151. The summed E-state index contributed by atoms with van der Waals surface area (Å²) in [6, 6.07) is 13.3. The number of aliphatic hydroxyl groups is 1. The molecule has 3 heterocycles. The van der Waals surface area contributed by atoms with E-state index in [2.05, 4.69) is 6.08 Å². The average molecular weight is 565 g/mol. The van der Waals surface area contributed by atoms with Gasteiger partial charge in [-0.1, -0.05) is 43.3 Å². The van der Waals surface area contributed by atoms with E-state index in [0.29, 0.717) is 17.9 Å². The number of aliphatic hydroxyl groups excluding tert-OH is 1. The predicted octanol–water partition coefficient (Wildman–Crippen LogP) is 5.24. The third-order valence-corrected chi connectivity index (χ3v) is 9.06. The number of allylic oxidation sites excluding steroid dienone is 1. The molecule has 1 spiro atoms. The van der Waals surface area contributed by atoms with Crippen molar-refractivity contribution in [2.75, 3.05) is 25.2 Å². The zero-order valence-electron chi connectivity index (χ0n) is 25.0. The molecule has 0 aromatic heterocycles. The highest BCUT2D eigenvalue weighted by atomic mass is 19.1. The van der Waals surface area contributed by atoms with E-state index < -0.39 is 34.7 Å². The molecule has 3 aliphatic rings. The van der Waals surface area contributed by atoms with Crippen molar-refractivity contribution in [3.05, 3.63) is 65.2 Å². The lowest BCUT2D eigenvalue weighted by atomic mass is 9.71. The van der Waals surface area contributed by atoms with Crippen LogP contribution < -0.4 is 9.64 Å². The van der Waals surface area contributed by atoms with Gasteiger partial charge in [-0.25, -0.2) is 4.39 Å². The molecule has 0 saturated carbocycles. The number of benzene rings is 2. The Balaban J connectivity index is 1.58. The van der Waals surface area contributed by atoms with Gasteiger partial charge in [0, 0.05) is 36.1 Å². The van der Waals surface area contributed by atoms with Crippen LogP contribution in [0.4, 0.5) is 10.1 Å². The molecule has 4 atom stereocenters. The van der Waals surface area contributed by atoms with Crippen LogP contribution in [0.1, 0.15) is 64.7 Å². The van der Waals surface area contributed by atoms with E-state index in [9.17, 15) is 14.7 Å². The summed E-state index contributed by atoms with van der Waals surface area (Å²) in [6.07, 6.45) is 1.08. The minimum atomic E-state index is -1.74. The van der Waals surface area contributed by atoms with Gasteiger partial charge in [-0.3, -0.25) is 14.5 Å². The van der Waals surface area contributed by atoms with Crippen LogP contribution in [0.2, 0.25) is 0 Å². The molecule has 0 radical (unpaired) electrons. The number of fused-ring (bicyclic) bond motifs is 1. The molecule has 5 rings (SSSR count). The van der Waals surface area contributed by atoms with Gasteiger partial charge in [0.25, 0.3) is 5.91 Å². The van der Waals surface area contributed by atoms with E-state index in [1.165, 1.54) is 13.8 Å². The Morgan fingerprint density at radius 1 is 1.22 bits per heavy atom. The lowest BCUT2D eigenvalue weighted by Crippen LogP contribution is -2.53. The molecular formula is C33H41FN2O5. The van der Waals surface area contributed by atoms with Crippen LogP contribution in [0.25, 0.3) is 5.57 Å². The van der Waals surface area contributed by atoms with Crippen LogP contribution in [0.3, 0.4) is 0 Å². The summed E-state index contributed by atoms with van der Waals surface area (Å²) in [5, 5.41) is 9.72. The van der Waals surface area contributed by atoms with Crippen LogP contribution in [0.15, 0.2) is 48.5 Å². The molecule has 8 heteroatoms. The molecule has 0 aliphatic carbocycles. The second-order valence-corrected chi connectivity index (χ2v) is 12.7. The molecule has 41 heavy (non-hydrogen) atoms. The van der Waals surface area contributed by atoms with Gasteiger partial charge >= 0.3 is 0 Å². The van der Waals surface area contributed by atoms with Crippen molar-refractivity contribution in [3.63, 3.8) is 0 Å². The van der Waals surface area contributed by atoms with E-state index in [0.717, 1.165) is 22.4 Å². The Morgan fingerprint density at radius 2 is 1.90 bits per heavy atom. The number of carbonyl (C=O) groups is 2. The molecule has 1 fully saturated rings. The summed E-state index contributed by atoms with van der Waals surface area (Å²) in [7, 11) is 1.58. The van der Waals surface area contributed by atoms with Gasteiger partial charge < -0.3 is 19.5 Å². The fourth-order valence-corrected chi connectivity index (χ4v) is 7.43. The largest absolute Gasteiger partial charge is 0.497 e. The molecule has 1 N–H and O–H groups in total. The highest BCUT2D eigenvalue weighted by Crippen LogP contribution is 2.62. The first-order valence-electron chi connectivity index (χ1n) is 14.3. The Hall–Kier alpha value is -3.23. The van der Waals surface area contributed by atoms with Gasteiger partial charge in [0.15, 0.2) is 5.60 Å². The van der Waals surface area contributed by atoms with Gasteiger partial charge in [-0.15, -0.1) is 0 Å². The van der Waals surface area contributed by atoms with Crippen molar-refractivity contribution in [2.24, 2.45) is 11.8 Å². The minimum absolute atomic E-state index is 0.114. The summed E-state index contributed by atoms with van der Waals surface area (Å²) in [5.41, 5.74) is 0.396. The minimum Gasteiger partial charge on any atom is -0.497 e. The number of amides is 2. The lowest BCUT2D eigenvalue weighted by Gasteiger charge is -2.39. The quantitative estimate of drug-likeness (QED) is 0.474. The monoisotopic (exact) mass is 564 g/mol.